The van der Waals surface area contributed by atoms with Crippen LogP contribution in [0.25, 0.3) is 20.9 Å². The van der Waals surface area contributed by atoms with Gasteiger partial charge < -0.3 is 10.4 Å². The fourth-order valence-corrected chi connectivity index (χ4v) is 5.56. The first-order chi connectivity index (χ1) is 16.4. The number of benzene rings is 2. The third-order valence-corrected chi connectivity index (χ3v) is 7.56. The summed E-state index contributed by atoms with van der Waals surface area (Å²) in [4.78, 5) is 21.3. The summed E-state index contributed by atoms with van der Waals surface area (Å²) in [6.45, 7) is 3.71. The molecule has 5 nitrogen and oxygen atoms in total. The third kappa shape index (κ3) is 5.08. The van der Waals surface area contributed by atoms with E-state index in [0.717, 1.165) is 34.4 Å². The van der Waals surface area contributed by atoms with Gasteiger partial charge in [0, 0.05) is 23.1 Å². The molecular weight excluding hydrogens is 485 g/mol. The van der Waals surface area contributed by atoms with Gasteiger partial charge in [-0.15, -0.1) is 12.4 Å². The lowest BCUT2D eigenvalue weighted by molar-refractivity contribution is -0.137. The Morgan fingerprint density at radius 3 is 2.51 bits per heavy atom. The van der Waals surface area contributed by atoms with Gasteiger partial charge >= 0.3 is 5.97 Å². The monoisotopic (exact) mass is 511 g/mol. The molecule has 1 fully saturated rings. The number of pyridine rings is 1. The van der Waals surface area contributed by atoms with Crippen LogP contribution in [0.15, 0.2) is 60.7 Å². The Labute approximate surface area is 213 Å². The van der Waals surface area contributed by atoms with E-state index in [1.807, 2.05) is 25.1 Å². The molecule has 0 aliphatic heterocycles. The second kappa shape index (κ2) is 10.0. The third-order valence-electron chi connectivity index (χ3n) is 6.56. The highest BCUT2D eigenvalue weighted by atomic mass is 35.5. The zero-order valence-corrected chi connectivity index (χ0v) is 21.1. The number of hydrogen-bond donors (Lipinski definition) is 2. The molecule has 0 radical (unpaired) electrons. The maximum atomic E-state index is 15.1. The predicted octanol–water partition coefficient (Wildman–Crippen LogP) is 6.51. The summed E-state index contributed by atoms with van der Waals surface area (Å²) in [7, 11) is 0. The molecule has 2 aromatic carbocycles. The molecule has 1 aliphatic rings. The Balaban J connectivity index is 0.00000289. The molecular formula is C27H27ClFN3O2S. The van der Waals surface area contributed by atoms with Crippen LogP contribution in [-0.4, -0.2) is 27.1 Å². The number of aromatic nitrogens is 2. The minimum atomic E-state index is -0.863. The van der Waals surface area contributed by atoms with Crippen molar-refractivity contribution in [1.82, 2.24) is 15.3 Å². The summed E-state index contributed by atoms with van der Waals surface area (Å²) in [5, 5.41) is 12.8. The molecule has 2 unspecified atom stereocenters. The number of aliphatic carboxylic acids is 1. The fourth-order valence-electron chi connectivity index (χ4n) is 4.59. The molecule has 1 saturated carbocycles. The quantitative estimate of drug-likeness (QED) is 0.282. The van der Waals surface area contributed by atoms with Crippen molar-refractivity contribution in [3.05, 3.63) is 83.3 Å². The molecule has 5 rings (SSSR count). The molecule has 2 aromatic heterocycles. The molecule has 35 heavy (non-hydrogen) atoms. The average Bonchev–Trinajstić information content (AvgIpc) is 3.52. The Morgan fingerprint density at radius 2 is 1.86 bits per heavy atom. The van der Waals surface area contributed by atoms with Crippen molar-refractivity contribution in [1.29, 1.82) is 0 Å². The molecule has 0 saturated heterocycles. The molecule has 2 atom stereocenters. The van der Waals surface area contributed by atoms with E-state index in [1.165, 1.54) is 23.0 Å². The number of fused-ring (bicyclic) bond motifs is 1. The number of carbonyl (C=O) groups is 1. The van der Waals surface area contributed by atoms with Crippen molar-refractivity contribution in [3.8, 4) is 10.6 Å². The molecule has 0 amide bonds. The van der Waals surface area contributed by atoms with Crippen LogP contribution in [0, 0.1) is 5.82 Å². The van der Waals surface area contributed by atoms with Gasteiger partial charge in [-0.2, -0.15) is 0 Å². The number of rotatable bonds is 8. The van der Waals surface area contributed by atoms with Crippen LogP contribution in [0.5, 0.6) is 0 Å². The lowest BCUT2D eigenvalue weighted by Crippen LogP contribution is -2.31. The maximum Gasteiger partial charge on any atom is 0.304 e. The summed E-state index contributed by atoms with van der Waals surface area (Å²) < 4.78 is 15.1. The van der Waals surface area contributed by atoms with Crippen LogP contribution in [0.2, 0.25) is 0 Å². The number of carboxylic acid groups (broad SMARTS) is 1. The second-order valence-electron chi connectivity index (χ2n) is 9.11. The van der Waals surface area contributed by atoms with Crippen molar-refractivity contribution in [3.63, 3.8) is 0 Å². The Morgan fingerprint density at radius 1 is 1.11 bits per heavy atom. The highest BCUT2D eigenvalue weighted by molar-refractivity contribution is 7.21. The zero-order valence-electron chi connectivity index (χ0n) is 19.5. The average molecular weight is 512 g/mol. The first-order valence-corrected chi connectivity index (χ1v) is 12.3. The van der Waals surface area contributed by atoms with Crippen molar-refractivity contribution >= 4 is 40.1 Å². The van der Waals surface area contributed by atoms with Gasteiger partial charge in [0.05, 0.1) is 12.1 Å². The van der Waals surface area contributed by atoms with Crippen molar-refractivity contribution in [2.24, 2.45) is 0 Å². The standard InChI is InChI=1S/C27H26FN3O2S.ClH/c1-16(14-24(32)33)29-17(2)18-8-9-20(21(28)15-18)25-30-22-10-11-23(31-26(22)34-25)27(12-13-27)19-6-4-3-5-7-19;/h3-11,15-17,29H,12-14H2,1-2H3,(H,32,33);1H. The van der Waals surface area contributed by atoms with Crippen molar-refractivity contribution < 1.29 is 14.3 Å². The van der Waals surface area contributed by atoms with E-state index in [0.29, 0.717) is 10.6 Å². The van der Waals surface area contributed by atoms with E-state index in [1.54, 1.807) is 13.0 Å². The maximum absolute atomic E-state index is 15.1. The van der Waals surface area contributed by atoms with Gasteiger partial charge in [-0.3, -0.25) is 4.79 Å². The SMILES string of the molecule is CC(CC(=O)O)NC(C)c1ccc(-c2nc3ccc(C4(c5ccccc5)CC4)nc3s2)c(F)c1.Cl. The van der Waals surface area contributed by atoms with Gasteiger partial charge in [0.1, 0.15) is 21.2 Å². The molecule has 2 heterocycles. The molecule has 4 aromatic rings. The minimum Gasteiger partial charge on any atom is -0.481 e. The van der Waals surface area contributed by atoms with Crippen LogP contribution in [-0.2, 0) is 10.2 Å². The smallest absolute Gasteiger partial charge is 0.304 e. The first kappa shape index (κ1) is 25.2. The van der Waals surface area contributed by atoms with Crippen LogP contribution in [0.3, 0.4) is 0 Å². The lowest BCUT2D eigenvalue weighted by atomic mass is 9.92. The Kier molecular flexibility index (Phi) is 7.22. The summed E-state index contributed by atoms with van der Waals surface area (Å²) in [6.07, 6.45) is 2.17. The van der Waals surface area contributed by atoms with Gasteiger partial charge in [-0.25, -0.2) is 14.4 Å². The van der Waals surface area contributed by atoms with Crippen LogP contribution >= 0.6 is 23.7 Å². The predicted molar refractivity (Wildman–Crippen MR) is 140 cm³/mol. The highest BCUT2D eigenvalue weighted by Crippen LogP contribution is 2.53. The fraction of sp³-hybridized carbons (Fsp3) is 0.296. The molecule has 2 N–H and O–H groups in total. The molecule has 182 valence electrons. The van der Waals surface area contributed by atoms with E-state index in [2.05, 4.69) is 40.6 Å². The number of hydrogen-bond acceptors (Lipinski definition) is 5. The normalized spacial score (nSPS) is 15.9. The number of carboxylic acids is 1. The van der Waals surface area contributed by atoms with Gasteiger partial charge in [-0.05, 0) is 62.1 Å². The van der Waals surface area contributed by atoms with E-state index < -0.39 is 5.97 Å². The number of nitrogens with one attached hydrogen (secondary N) is 1. The van der Waals surface area contributed by atoms with E-state index in [9.17, 15) is 4.79 Å². The highest BCUT2D eigenvalue weighted by Gasteiger charge is 2.47. The van der Waals surface area contributed by atoms with Crippen LogP contribution in [0.4, 0.5) is 4.39 Å². The zero-order chi connectivity index (χ0) is 23.9. The lowest BCUT2D eigenvalue weighted by Gasteiger charge is -2.19. The summed E-state index contributed by atoms with van der Waals surface area (Å²) in [5.41, 5.74) is 4.30. The molecule has 1 aliphatic carbocycles. The van der Waals surface area contributed by atoms with Gasteiger partial charge in [0.15, 0.2) is 0 Å². The van der Waals surface area contributed by atoms with Gasteiger partial charge in [-0.1, -0.05) is 47.7 Å². The largest absolute Gasteiger partial charge is 0.481 e. The minimum absolute atomic E-state index is 0. The number of nitrogens with zero attached hydrogens (tertiary/aromatic N) is 2. The van der Waals surface area contributed by atoms with Crippen molar-refractivity contribution in [2.45, 2.75) is 50.6 Å². The van der Waals surface area contributed by atoms with E-state index in [4.69, 9.17) is 10.1 Å². The molecule has 8 heteroatoms. The van der Waals surface area contributed by atoms with E-state index in [-0.39, 0.29) is 42.1 Å². The Hall–Kier alpha value is -2.87. The summed E-state index contributed by atoms with van der Waals surface area (Å²) in [5.74, 6) is -1.21. The molecule has 0 spiro atoms. The number of halogens is 2. The Bertz CT molecular complexity index is 1360. The van der Waals surface area contributed by atoms with E-state index >= 15 is 4.39 Å². The number of thiazole rings is 1. The van der Waals surface area contributed by atoms with Crippen molar-refractivity contribution in [2.75, 3.05) is 0 Å². The second-order valence-corrected chi connectivity index (χ2v) is 10.1. The van der Waals surface area contributed by atoms with Crippen LogP contribution < -0.4 is 5.32 Å². The summed E-state index contributed by atoms with van der Waals surface area (Å²) in [6, 6.07) is 19.2. The van der Waals surface area contributed by atoms with Gasteiger partial charge in [0.25, 0.3) is 0 Å². The van der Waals surface area contributed by atoms with Crippen LogP contribution in [0.1, 0.15) is 56.0 Å². The van der Waals surface area contributed by atoms with Gasteiger partial charge in [0.2, 0.25) is 0 Å². The topological polar surface area (TPSA) is 75.1 Å². The summed E-state index contributed by atoms with van der Waals surface area (Å²) >= 11 is 1.41. The first-order valence-electron chi connectivity index (χ1n) is 11.5. The molecule has 0 bridgehead atoms.